The zero-order valence-corrected chi connectivity index (χ0v) is 13.1. The summed E-state index contributed by atoms with van der Waals surface area (Å²) in [6.07, 6.45) is 0.488. The van der Waals surface area contributed by atoms with E-state index >= 15 is 0 Å². The second-order valence-electron chi connectivity index (χ2n) is 4.93. The first-order chi connectivity index (χ1) is 9.52. The standard InChI is InChI=1S/C15H22N2O2S/c1-12(2)16-15(19)11-17(3)10-14-13(7-9-20-14)6-4-5-8-18/h7,9,12,18H,5,8,10-11H2,1-3H3,(H,16,19). The van der Waals surface area contributed by atoms with Crippen LogP contribution in [0.5, 0.6) is 0 Å². The minimum atomic E-state index is 0.0342. The quantitative estimate of drug-likeness (QED) is 0.781. The van der Waals surface area contributed by atoms with Crippen molar-refractivity contribution in [1.82, 2.24) is 10.2 Å². The van der Waals surface area contributed by atoms with Crippen LogP contribution in [0, 0.1) is 11.8 Å². The first-order valence-electron chi connectivity index (χ1n) is 6.67. The third-order valence-electron chi connectivity index (χ3n) is 2.48. The summed E-state index contributed by atoms with van der Waals surface area (Å²) in [5.41, 5.74) is 0.986. The zero-order valence-electron chi connectivity index (χ0n) is 12.3. The maximum Gasteiger partial charge on any atom is 0.234 e. The maximum absolute atomic E-state index is 11.7. The smallest absolute Gasteiger partial charge is 0.234 e. The predicted octanol–water partition coefficient (Wildman–Crippen LogP) is 1.44. The number of likely N-dealkylation sites (N-methyl/N-ethyl adjacent to an activating group) is 1. The highest BCUT2D eigenvalue weighted by atomic mass is 32.1. The summed E-state index contributed by atoms with van der Waals surface area (Å²) in [5, 5.41) is 13.6. The van der Waals surface area contributed by atoms with Crippen molar-refractivity contribution in [3.63, 3.8) is 0 Å². The Labute approximate surface area is 124 Å². The Bertz CT molecular complexity index is 486. The van der Waals surface area contributed by atoms with Crippen molar-refractivity contribution in [2.24, 2.45) is 0 Å². The molecule has 0 aliphatic heterocycles. The molecule has 0 unspecified atom stereocenters. The minimum Gasteiger partial charge on any atom is -0.395 e. The van der Waals surface area contributed by atoms with Crippen LogP contribution in [-0.4, -0.2) is 42.2 Å². The SMILES string of the molecule is CC(C)NC(=O)CN(C)Cc1sccc1C#CCCO. The van der Waals surface area contributed by atoms with Gasteiger partial charge in [0.25, 0.3) is 0 Å². The van der Waals surface area contributed by atoms with Gasteiger partial charge < -0.3 is 10.4 Å². The molecule has 0 saturated carbocycles. The molecule has 1 amide bonds. The molecule has 1 aromatic rings. The Morgan fingerprint density at radius 1 is 1.55 bits per heavy atom. The molecule has 5 heteroatoms. The molecule has 1 heterocycles. The number of aliphatic hydroxyl groups excluding tert-OH is 1. The monoisotopic (exact) mass is 294 g/mol. The molecule has 4 nitrogen and oxygen atoms in total. The normalized spacial score (nSPS) is 10.5. The third-order valence-corrected chi connectivity index (χ3v) is 3.39. The molecule has 20 heavy (non-hydrogen) atoms. The fraction of sp³-hybridized carbons (Fsp3) is 0.533. The van der Waals surface area contributed by atoms with Gasteiger partial charge in [0.1, 0.15) is 0 Å². The summed E-state index contributed by atoms with van der Waals surface area (Å²) in [4.78, 5) is 14.8. The van der Waals surface area contributed by atoms with E-state index in [0.29, 0.717) is 19.5 Å². The van der Waals surface area contributed by atoms with Crippen LogP contribution in [-0.2, 0) is 11.3 Å². The van der Waals surface area contributed by atoms with Gasteiger partial charge in [-0.15, -0.1) is 11.3 Å². The maximum atomic E-state index is 11.7. The number of hydrogen-bond acceptors (Lipinski definition) is 4. The molecule has 0 bridgehead atoms. The van der Waals surface area contributed by atoms with Gasteiger partial charge in [0.05, 0.1) is 13.2 Å². The Morgan fingerprint density at radius 3 is 2.95 bits per heavy atom. The van der Waals surface area contributed by atoms with Gasteiger partial charge in [0.2, 0.25) is 5.91 Å². The van der Waals surface area contributed by atoms with E-state index in [1.165, 1.54) is 0 Å². The summed E-state index contributed by atoms with van der Waals surface area (Å²) < 4.78 is 0. The number of thiophene rings is 1. The van der Waals surface area contributed by atoms with Crippen LogP contribution < -0.4 is 5.32 Å². The van der Waals surface area contributed by atoms with Crippen LogP contribution in [0.2, 0.25) is 0 Å². The van der Waals surface area contributed by atoms with E-state index in [9.17, 15) is 4.79 Å². The molecule has 2 N–H and O–H groups in total. The summed E-state index contributed by atoms with van der Waals surface area (Å²) in [5.74, 6) is 6.02. The highest BCUT2D eigenvalue weighted by Gasteiger charge is 2.10. The van der Waals surface area contributed by atoms with Crippen molar-refractivity contribution >= 4 is 17.2 Å². The van der Waals surface area contributed by atoms with Gasteiger partial charge in [0.15, 0.2) is 0 Å². The van der Waals surface area contributed by atoms with Crippen molar-refractivity contribution in [2.45, 2.75) is 32.9 Å². The topological polar surface area (TPSA) is 52.6 Å². The minimum absolute atomic E-state index is 0.0342. The van der Waals surface area contributed by atoms with Gasteiger partial charge in [0, 0.05) is 29.4 Å². The van der Waals surface area contributed by atoms with Crippen LogP contribution in [0.25, 0.3) is 0 Å². The van der Waals surface area contributed by atoms with E-state index in [0.717, 1.165) is 10.4 Å². The second-order valence-corrected chi connectivity index (χ2v) is 5.93. The number of rotatable bonds is 6. The van der Waals surface area contributed by atoms with Crippen LogP contribution in [0.4, 0.5) is 0 Å². The lowest BCUT2D eigenvalue weighted by atomic mass is 10.2. The summed E-state index contributed by atoms with van der Waals surface area (Å²) in [6, 6.07) is 2.14. The molecule has 1 rings (SSSR count). The van der Waals surface area contributed by atoms with Crippen molar-refractivity contribution in [2.75, 3.05) is 20.2 Å². The molecule has 110 valence electrons. The molecule has 0 saturated heterocycles. The van der Waals surface area contributed by atoms with E-state index in [1.54, 1.807) is 11.3 Å². The lowest BCUT2D eigenvalue weighted by molar-refractivity contribution is -0.122. The lowest BCUT2D eigenvalue weighted by Crippen LogP contribution is -2.38. The number of nitrogens with zero attached hydrogens (tertiary/aromatic N) is 1. The fourth-order valence-electron chi connectivity index (χ4n) is 1.70. The van der Waals surface area contributed by atoms with E-state index < -0.39 is 0 Å². The average Bonchev–Trinajstić information content (AvgIpc) is 2.75. The molecule has 0 aliphatic carbocycles. The molecule has 0 fully saturated rings. The zero-order chi connectivity index (χ0) is 15.0. The second kappa shape index (κ2) is 8.75. The molecule has 0 spiro atoms. The molecule has 0 radical (unpaired) electrons. The fourth-order valence-corrected chi connectivity index (χ4v) is 2.61. The Kier molecular flexibility index (Phi) is 7.31. The van der Waals surface area contributed by atoms with Crippen molar-refractivity contribution in [3.05, 3.63) is 21.9 Å². The first-order valence-corrected chi connectivity index (χ1v) is 7.55. The molecular weight excluding hydrogens is 272 g/mol. The molecular formula is C15H22N2O2S. The molecule has 0 aliphatic rings. The number of nitrogens with one attached hydrogen (secondary N) is 1. The van der Waals surface area contributed by atoms with Gasteiger partial charge in [-0.2, -0.15) is 0 Å². The number of hydrogen-bond donors (Lipinski definition) is 2. The van der Waals surface area contributed by atoms with Gasteiger partial charge >= 0.3 is 0 Å². The van der Waals surface area contributed by atoms with E-state index in [4.69, 9.17) is 5.11 Å². The van der Waals surface area contributed by atoms with Crippen molar-refractivity contribution < 1.29 is 9.90 Å². The van der Waals surface area contributed by atoms with Gasteiger partial charge in [-0.1, -0.05) is 11.8 Å². The average molecular weight is 294 g/mol. The van der Waals surface area contributed by atoms with Gasteiger partial charge in [-0.3, -0.25) is 9.69 Å². The Morgan fingerprint density at radius 2 is 2.30 bits per heavy atom. The number of carbonyl (C=O) groups excluding carboxylic acids is 1. The Balaban J connectivity index is 2.54. The van der Waals surface area contributed by atoms with Gasteiger partial charge in [-0.05, 0) is 32.3 Å². The predicted molar refractivity (Wildman–Crippen MR) is 82.5 cm³/mol. The largest absolute Gasteiger partial charge is 0.395 e. The van der Waals surface area contributed by atoms with Crippen molar-refractivity contribution in [3.8, 4) is 11.8 Å². The van der Waals surface area contributed by atoms with Crippen molar-refractivity contribution in [1.29, 1.82) is 0 Å². The third kappa shape index (κ3) is 6.20. The van der Waals surface area contributed by atoms with Crippen LogP contribution >= 0.6 is 11.3 Å². The summed E-state index contributed by atoms with van der Waals surface area (Å²) in [6.45, 7) is 5.06. The molecule has 0 atom stereocenters. The highest BCUT2D eigenvalue weighted by molar-refractivity contribution is 7.10. The van der Waals surface area contributed by atoms with E-state index in [1.807, 2.05) is 37.2 Å². The number of carbonyl (C=O) groups is 1. The lowest BCUT2D eigenvalue weighted by Gasteiger charge is -2.17. The molecule has 1 aromatic heterocycles. The number of aliphatic hydroxyl groups is 1. The van der Waals surface area contributed by atoms with Gasteiger partial charge in [-0.25, -0.2) is 0 Å². The summed E-state index contributed by atoms with van der Waals surface area (Å²) >= 11 is 1.64. The van der Waals surface area contributed by atoms with Crippen LogP contribution in [0.15, 0.2) is 11.4 Å². The van der Waals surface area contributed by atoms with Crippen LogP contribution in [0.3, 0.4) is 0 Å². The first kappa shape index (κ1) is 16.7. The summed E-state index contributed by atoms with van der Waals surface area (Å²) in [7, 11) is 1.92. The van der Waals surface area contributed by atoms with E-state index in [2.05, 4.69) is 17.2 Å². The number of amides is 1. The highest BCUT2D eigenvalue weighted by Crippen LogP contribution is 2.17. The molecule has 0 aromatic carbocycles. The van der Waals surface area contributed by atoms with E-state index in [-0.39, 0.29) is 18.6 Å². The van der Waals surface area contributed by atoms with Crippen LogP contribution in [0.1, 0.15) is 30.7 Å². The Hall–Kier alpha value is -1.35.